The summed E-state index contributed by atoms with van der Waals surface area (Å²) in [5.74, 6) is -0.519. The lowest BCUT2D eigenvalue weighted by Crippen LogP contribution is -2.23. The number of furan rings is 1. The lowest BCUT2D eigenvalue weighted by Gasteiger charge is -2.14. The van der Waals surface area contributed by atoms with Crippen LogP contribution in [0.25, 0.3) is 17.1 Å². The largest absolute Gasteiger partial charge is 0.463 e. The summed E-state index contributed by atoms with van der Waals surface area (Å²) in [4.78, 5) is 25.5. The highest BCUT2D eigenvalue weighted by Gasteiger charge is 2.21. The van der Waals surface area contributed by atoms with Crippen LogP contribution in [0.4, 0.5) is 5.69 Å². The maximum atomic E-state index is 12.9. The highest BCUT2D eigenvalue weighted by molar-refractivity contribution is 5.96. The van der Waals surface area contributed by atoms with Gasteiger partial charge in [-0.2, -0.15) is 5.10 Å². The van der Waals surface area contributed by atoms with Gasteiger partial charge in [0, 0.05) is 11.8 Å². The Kier molecular flexibility index (Phi) is 6.69. The minimum atomic E-state index is -0.654. The van der Waals surface area contributed by atoms with E-state index < -0.39 is 18.5 Å². The average Bonchev–Trinajstić information content (AvgIpc) is 3.53. The van der Waals surface area contributed by atoms with Crippen molar-refractivity contribution in [3.63, 3.8) is 0 Å². The third-order valence-corrected chi connectivity index (χ3v) is 5.29. The topological polar surface area (TPSA) is 86.4 Å². The molecule has 0 bridgehead atoms. The Morgan fingerprint density at radius 3 is 2.33 bits per heavy atom. The summed E-state index contributed by atoms with van der Waals surface area (Å²) in [5, 5.41) is 7.41. The Hall–Kier alpha value is -4.13. The number of esters is 1. The van der Waals surface area contributed by atoms with Gasteiger partial charge in [-0.1, -0.05) is 50.2 Å². The molecule has 2 aromatic heterocycles. The smallest absolute Gasteiger partial charge is 0.357 e. The number of rotatable bonds is 8. The van der Waals surface area contributed by atoms with Gasteiger partial charge >= 0.3 is 5.97 Å². The molecule has 0 fully saturated rings. The van der Waals surface area contributed by atoms with E-state index in [-0.39, 0.29) is 5.69 Å². The molecule has 0 saturated carbocycles. The van der Waals surface area contributed by atoms with Gasteiger partial charge in [-0.15, -0.1) is 0 Å². The van der Waals surface area contributed by atoms with E-state index in [0.29, 0.717) is 17.1 Å². The average molecular weight is 444 g/mol. The first-order valence-electron chi connectivity index (χ1n) is 10.9. The Morgan fingerprint density at radius 2 is 1.70 bits per heavy atom. The summed E-state index contributed by atoms with van der Waals surface area (Å²) in [7, 11) is 0. The van der Waals surface area contributed by atoms with E-state index in [2.05, 4.69) is 10.4 Å². The molecule has 4 aromatic rings. The number of hydrogen-bond acceptors (Lipinski definition) is 5. The molecule has 168 valence electrons. The van der Waals surface area contributed by atoms with Crippen molar-refractivity contribution in [3.05, 3.63) is 89.8 Å². The van der Waals surface area contributed by atoms with Crippen LogP contribution < -0.4 is 5.32 Å². The van der Waals surface area contributed by atoms with E-state index in [4.69, 9.17) is 9.15 Å². The van der Waals surface area contributed by atoms with E-state index >= 15 is 0 Å². The van der Waals surface area contributed by atoms with Crippen LogP contribution in [0.1, 0.15) is 35.5 Å². The van der Waals surface area contributed by atoms with Crippen molar-refractivity contribution >= 4 is 17.6 Å². The molecule has 1 amide bonds. The van der Waals surface area contributed by atoms with Gasteiger partial charge in [0.1, 0.15) is 5.69 Å². The van der Waals surface area contributed by atoms with Crippen LogP contribution in [0.3, 0.4) is 0 Å². The van der Waals surface area contributed by atoms with Crippen molar-refractivity contribution in [1.82, 2.24) is 9.78 Å². The van der Waals surface area contributed by atoms with E-state index in [1.165, 1.54) is 10.9 Å². The number of nitrogens with zero attached hydrogens (tertiary/aromatic N) is 2. The van der Waals surface area contributed by atoms with Gasteiger partial charge in [0.25, 0.3) is 5.91 Å². The van der Waals surface area contributed by atoms with Crippen LogP contribution in [0.15, 0.2) is 77.4 Å². The Labute approximate surface area is 192 Å². The van der Waals surface area contributed by atoms with Crippen molar-refractivity contribution in [2.24, 2.45) is 0 Å². The van der Waals surface area contributed by atoms with Crippen molar-refractivity contribution in [2.45, 2.75) is 26.7 Å². The van der Waals surface area contributed by atoms with Gasteiger partial charge in [-0.05, 0) is 48.2 Å². The molecule has 7 heteroatoms. The van der Waals surface area contributed by atoms with Crippen molar-refractivity contribution in [2.75, 3.05) is 11.9 Å². The zero-order chi connectivity index (χ0) is 23.2. The molecule has 0 saturated heterocycles. The summed E-state index contributed by atoms with van der Waals surface area (Å²) in [5.41, 5.74) is 4.25. The molecular formula is C26H25N3O4. The number of ether oxygens (including phenoxy) is 1. The number of nitrogens with one attached hydrogen (secondary N) is 1. The molecular weight excluding hydrogens is 418 g/mol. The third kappa shape index (κ3) is 4.87. The summed E-state index contributed by atoms with van der Waals surface area (Å²) in [6, 6.07) is 20.3. The van der Waals surface area contributed by atoms with Gasteiger partial charge in [-0.3, -0.25) is 4.79 Å². The molecule has 1 N–H and O–H groups in total. The molecule has 0 spiro atoms. The highest BCUT2D eigenvalue weighted by Crippen LogP contribution is 2.24. The number of amides is 1. The first kappa shape index (κ1) is 22.1. The zero-order valence-corrected chi connectivity index (χ0v) is 18.6. The summed E-state index contributed by atoms with van der Waals surface area (Å²) >= 11 is 0. The molecule has 4 rings (SSSR count). The van der Waals surface area contributed by atoms with Gasteiger partial charge in [-0.25, -0.2) is 9.48 Å². The highest BCUT2D eigenvalue weighted by atomic mass is 16.5. The van der Waals surface area contributed by atoms with Crippen LogP contribution in [-0.4, -0.2) is 28.3 Å². The molecule has 0 atom stereocenters. The number of anilines is 1. The fourth-order valence-corrected chi connectivity index (χ4v) is 3.62. The minimum absolute atomic E-state index is 0.198. The second-order valence-corrected chi connectivity index (χ2v) is 7.42. The summed E-state index contributed by atoms with van der Waals surface area (Å²) in [6.45, 7) is 3.66. The minimum Gasteiger partial charge on any atom is -0.463 e. The lowest BCUT2D eigenvalue weighted by atomic mass is 10.0. The molecule has 2 heterocycles. The van der Waals surface area contributed by atoms with E-state index in [0.717, 1.165) is 29.7 Å². The number of benzene rings is 2. The van der Waals surface area contributed by atoms with Crippen LogP contribution in [0.5, 0.6) is 0 Å². The number of carbonyl (C=O) groups is 2. The molecule has 0 aliphatic carbocycles. The Bertz CT molecular complexity index is 1220. The van der Waals surface area contributed by atoms with E-state index in [1.807, 2.05) is 62.4 Å². The molecule has 0 unspecified atom stereocenters. The lowest BCUT2D eigenvalue weighted by molar-refractivity contribution is -0.119. The molecule has 0 aliphatic rings. The van der Waals surface area contributed by atoms with Crippen molar-refractivity contribution in [3.8, 4) is 17.1 Å². The molecule has 0 aliphatic heterocycles. The SMILES string of the molecule is CCc1cccc(CC)c1NC(=O)COC(=O)c1cc(-c2ccco2)nn1-c1ccccc1. The first-order chi connectivity index (χ1) is 16.1. The van der Waals surface area contributed by atoms with Gasteiger partial charge in [0.15, 0.2) is 18.1 Å². The van der Waals surface area contributed by atoms with E-state index in [1.54, 1.807) is 18.2 Å². The Morgan fingerprint density at radius 1 is 0.970 bits per heavy atom. The van der Waals surface area contributed by atoms with Gasteiger partial charge in [0.2, 0.25) is 0 Å². The number of carbonyl (C=O) groups excluding carboxylic acids is 2. The second-order valence-electron chi connectivity index (χ2n) is 7.42. The molecule has 2 aromatic carbocycles. The Balaban J connectivity index is 1.53. The maximum absolute atomic E-state index is 12.9. The zero-order valence-electron chi connectivity index (χ0n) is 18.6. The number of hydrogen-bond donors (Lipinski definition) is 1. The van der Waals surface area contributed by atoms with Crippen LogP contribution >= 0.6 is 0 Å². The molecule has 33 heavy (non-hydrogen) atoms. The number of para-hydroxylation sites is 2. The van der Waals surface area contributed by atoms with Crippen LogP contribution in [-0.2, 0) is 22.4 Å². The van der Waals surface area contributed by atoms with Crippen molar-refractivity contribution < 1.29 is 18.7 Å². The number of aromatic nitrogens is 2. The standard InChI is InChI=1S/C26H25N3O4/c1-3-18-10-8-11-19(4-2)25(18)27-24(30)17-33-26(31)22-16-21(23-14-9-15-32-23)28-29(22)20-12-6-5-7-13-20/h5-16H,3-4,17H2,1-2H3,(H,27,30). The van der Waals surface area contributed by atoms with Crippen LogP contribution in [0, 0.1) is 0 Å². The van der Waals surface area contributed by atoms with Gasteiger partial charge < -0.3 is 14.5 Å². The maximum Gasteiger partial charge on any atom is 0.357 e. The second kappa shape index (κ2) is 9.99. The summed E-state index contributed by atoms with van der Waals surface area (Å²) < 4.78 is 12.3. The molecule has 0 radical (unpaired) electrons. The predicted molar refractivity (Wildman–Crippen MR) is 125 cm³/mol. The normalized spacial score (nSPS) is 10.7. The quantitative estimate of drug-likeness (QED) is 0.385. The van der Waals surface area contributed by atoms with Crippen LogP contribution in [0.2, 0.25) is 0 Å². The fraction of sp³-hybridized carbons (Fsp3) is 0.192. The third-order valence-electron chi connectivity index (χ3n) is 5.29. The predicted octanol–water partition coefficient (Wildman–Crippen LogP) is 5.05. The molecule has 7 nitrogen and oxygen atoms in total. The van der Waals surface area contributed by atoms with E-state index in [9.17, 15) is 9.59 Å². The number of aryl methyl sites for hydroxylation is 2. The van der Waals surface area contributed by atoms with Crippen molar-refractivity contribution in [1.29, 1.82) is 0 Å². The van der Waals surface area contributed by atoms with Gasteiger partial charge in [0.05, 0.1) is 12.0 Å². The summed E-state index contributed by atoms with van der Waals surface area (Å²) in [6.07, 6.45) is 3.11. The first-order valence-corrected chi connectivity index (χ1v) is 10.9. The fourth-order valence-electron chi connectivity index (χ4n) is 3.62. The monoisotopic (exact) mass is 443 g/mol.